The number of rotatable bonds is 3. The maximum Gasteiger partial charge on any atom is 0.573 e. The zero-order valence-electron chi connectivity index (χ0n) is 9.99. The molecule has 0 bridgehead atoms. The third-order valence-electron chi connectivity index (χ3n) is 2.09. The molecule has 10 heteroatoms. The summed E-state index contributed by atoms with van der Waals surface area (Å²) in [4.78, 5) is 7.41. The van der Waals surface area contributed by atoms with Crippen LogP contribution in [0.1, 0.15) is 0 Å². The number of nitrogens with zero attached hydrogens (tertiary/aromatic N) is 2. The van der Waals surface area contributed by atoms with Gasteiger partial charge in [0.05, 0.1) is 10.7 Å². The summed E-state index contributed by atoms with van der Waals surface area (Å²) in [5, 5.41) is -0.0738. The highest BCUT2D eigenvalue weighted by molar-refractivity contribution is 9.10. The maximum absolute atomic E-state index is 12.1. The molecule has 0 fully saturated rings. The molecular formula is C11H6BrClF3N3O2. The van der Waals surface area contributed by atoms with Gasteiger partial charge in [-0.3, -0.25) is 0 Å². The van der Waals surface area contributed by atoms with Crippen LogP contribution >= 0.6 is 27.5 Å². The molecule has 0 spiro atoms. The highest BCUT2D eigenvalue weighted by atomic mass is 79.9. The van der Waals surface area contributed by atoms with Gasteiger partial charge in [0.25, 0.3) is 0 Å². The van der Waals surface area contributed by atoms with Gasteiger partial charge < -0.3 is 15.2 Å². The molecule has 0 saturated carbocycles. The first-order valence-corrected chi connectivity index (χ1v) is 6.43. The van der Waals surface area contributed by atoms with Crippen LogP contribution in [0.15, 0.2) is 28.9 Å². The van der Waals surface area contributed by atoms with Gasteiger partial charge in [-0.05, 0) is 45.7 Å². The predicted octanol–water partition coefficient (Wildman–Crippen LogP) is 4.17. The summed E-state index contributed by atoms with van der Waals surface area (Å²) in [5.41, 5.74) is 5.73. The average Bonchev–Trinajstić information content (AvgIpc) is 2.36. The van der Waals surface area contributed by atoms with Gasteiger partial charge >= 0.3 is 6.36 Å². The Morgan fingerprint density at radius 3 is 2.62 bits per heavy atom. The van der Waals surface area contributed by atoms with Gasteiger partial charge in [-0.15, -0.1) is 13.2 Å². The summed E-state index contributed by atoms with van der Waals surface area (Å²) in [6.07, 6.45) is -3.53. The fourth-order valence-electron chi connectivity index (χ4n) is 1.30. The number of nitrogen functional groups attached to an aromatic ring is 1. The molecule has 0 aliphatic carbocycles. The van der Waals surface area contributed by atoms with E-state index in [1.165, 1.54) is 18.3 Å². The molecular weight excluding hydrogens is 378 g/mol. The molecule has 0 aliphatic heterocycles. The minimum atomic E-state index is -4.78. The Morgan fingerprint density at radius 1 is 1.29 bits per heavy atom. The van der Waals surface area contributed by atoms with Crippen LogP contribution in [0.25, 0.3) is 0 Å². The lowest BCUT2D eigenvalue weighted by molar-refractivity contribution is -0.274. The Morgan fingerprint density at radius 2 is 2.00 bits per heavy atom. The van der Waals surface area contributed by atoms with Gasteiger partial charge in [0.2, 0.25) is 11.2 Å². The molecule has 2 rings (SSSR count). The number of halogens is 5. The largest absolute Gasteiger partial charge is 0.573 e. The number of hydrogen-bond donors (Lipinski definition) is 1. The fourth-order valence-corrected chi connectivity index (χ4v) is 1.87. The topological polar surface area (TPSA) is 70.3 Å². The molecule has 1 aromatic heterocycles. The van der Waals surface area contributed by atoms with Crippen LogP contribution in [0.3, 0.4) is 0 Å². The SMILES string of the molecule is Nc1cnc(Cl)nc1Oc1ccc(OC(F)(F)F)c(Br)c1. The van der Waals surface area contributed by atoms with Gasteiger partial charge in [-0.25, -0.2) is 4.98 Å². The summed E-state index contributed by atoms with van der Waals surface area (Å²) >= 11 is 8.55. The van der Waals surface area contributed by atoms with Crippen LogP contribution in [0.2, 0.25) is 5.28 Å². The quantitative estimate of drug-likeness (QED) is 0.805. The normalized spacial score (nSPS) is 11.3. The van der Waals surface area contributed by atoms with E-state index in [1.807, 2.05) is 0 Å². The second-order valence-corrected chi connectivity index (χ2v) is 4.83. The van der Waals surface area contributed by atoms with E-state index in [0.29, 0.717) is 0 Å². The molecule has 0 aliphatic rings. The summed E-state index contributed by atoms with van der Waals surface area (Å²) in [7, 11) is 0. The summed E-state index contributed by atoms with van der Waals surface area (Å²) < 4.78 is 45.6. The zero-order valence-corrected chi connectivity index (χ0v) is 12.3. The van der Waals surface area contributed by atoms with E-state index in [4.69, 9.17) is 22.1 Å². The molecule has 21 heavy (non-hydrogen) atoms. The minimum Gasteiger partial charge on any atom is -0.437 e. The lowest BCUT2D eigenvalue weighted by Gasteiger charge is -2.12. The van der Waals surface area contributed by atoms with E-state index < -0.39 is 12.1 Å². The lowest BCUT2D eigenvalue weighted by Crippen LogP contribution is -2.17. The van der Waals surface area contributed by atoms with Crippen molar-refractivity contribution in [2.24, 2.45) is 0 Å². The number of anilines is 1. The second-order valence-electron chi connectivity index (χ2n) is 3.64. The molecule has 1 heterocycles. The minimum absolute atomic E-state index is 0.00797. The summed E-state index contributed by atoms with van der Waals surface area (Å²) in [6.45, 7) is 0. The van der Waals surface area contributed by atoms with Crippen molar-refractivity contribution < 1.29 is 22.6 Å². The van der Waals surface area contributed by atoms with Gasteiger partial charge in [-0.2, -0.15) is 4.98 Å². The van der Waals surface area contributed by atoms with Crippen LogP contribution in [-0.4, -0.2) is 16.3 Å². The first kappa shape index (κ1) is 15.6. The number of nitrogens with two attached hydrogens (primary N) is 1. The molecule has 0 unspecified atom stereocenters. The fraction of sp³-hybridized carbons (Fsp3) is 0.0909. The Hall–Kier alpha value is -1.74. The second kappa shape index (κ2) is 5.94. The van der Waals surface area contributed by atoms with Crippen LogP contribution in [0.4, 0.5) is 18.9 Å². The molecule has 0 atom stereocenters. The lowest BCUT2D eigenvalue weighted by atomic mass is 10.3. The van der Waals surface area contributed by atoms with E-state index in [2.05, 4.69) is 30.6 Å². The van der Waals surface area contributed by atoms with Gasteiger partial charge in [0, 0.05) is 0 Å². The van der Waals surface area contributed by atoms with E-state index in [9.17, 15) is 13.2 Å². The average molecular weight is 385 g/mol. The van der Waals surface area contributed by atoms with E-state index in [-0.39, 0.29) is 27.1 Å². The van der Waals surface area contributed by atoms with Crippen molar-refractivity contribution in [3.8, 4) is 17.4 Å². The summed E-state index contributed by atoms with van der Waals surface area (Å²) in [5.74, 6) is -0.215. The van der Waals surface area contributed by atoms with Gasteiger partial charge in [-0.1, -0.05) is 0 Å². The molecule has 2 aromatic rings. The van der Waals surface area contributed by atoms with E-state index in [1.54, 1.807) is 0 Å². The molecule has 5 nitrogen and oxygen atoms in total. The molecule has 2 N–H and O–H groups in total. The smallest absolute Gasteiger partial charge is 0.437 e. The monoisotopic (exact) mass is 383 g/mol. The van der Waals surface area contributed by atoms with Crippen molar-refractivity contribution in [3.05, 3.63) is 34.2 Å². The molecule has 0 amide bonds. The maximum atomic E-state index is 12.1. The highest BCUT2D eigenvalue weighted by Gasteiger charge is 2.32. The Bertz CT molecular complexity index is 670. The first-order chi connectivity index (χ1) is 9.74. The first-order valence-electron chi connectivity index (χ1n) is 5.26. The number of ether oxygens (including phenoxy) is 2. The van der Waals surface area contributed by atoms with Crippen molar-refractivity contribution >= 4 is 33.2 Å². The number of hydrogen-bond acceptors (Lipinski definition) is 5. The van der Waals surface area contributed by atoms with Crippen LogP contribution in [0, 0.1) is 0 Å². The third-order valence-corrected chi connectivity index (χ3v) is 2.90. The van der Waals surface area contributed by atoms with Crippen LogP contribution in [-0.2, 0) is 0 Å². The van der Waals surface area contributed by atoms with E-state index in [0.717, 1.165) is 6.07 Å². The standard InChI is InChI=1S/C11H6BrClF3N3O2/c12-6-3-5(1-2-8(6)21-11(14,15)16)20-9-7(17)4-18-10(13)19-9/h1-4H,17H2. The van der Waals surface area contributed by atoms with Crippen molar-refractivity contribution in [3.63, 3.8) is 0 Å². The Balaban J connectivity index is 2.22. The number of aromatic nitrogens is 2. The van der Waals surface area contributed by atoms with Gasteiger partial charge in [0.1, 0.15) is 17.2 Å². The Kier molecular flexibility index (Phi) is 4.43. The van der Waals surface area contributed by atoms with Crippen LogP contribution < -0.4 is 15.2 Å². The summed E-state index contributed by atoms with van der Waals surface area (Å²) in [6, 6.07) is 3.63. The molecule has 1 aromatic carbocycles. The van der Waals surface area contributed by atoms with Gasteiger partial charge in [0.15, 0.2) is 0 Å². The van der Waals surface area contributed by atoms with Crippen molar-refractivity contribution in [1.82, 2.24) is 9.97 Å². The number of benzene rings is 1. The molecule has 0 saturated heterocycles. The molecule has 0 radical (unpaired) electrons. The Labute approximate surface area is 130 Å². The highest BCUT2D eigenvalue weighted by Crippen LogP contribution is 2.35. The van der Waals surface area contributed by atoms with E-state index >= 15 is 0 Å². The van der Waals surface area contributed by atoms with Crippen LogP contribution in [0.5, 0.6) is 17.4 Å². The zero-order chi connectivity index (χ0) is 15.6. The predicted molar refractivity (Wildman–Crippen MR) is 72.4 cm³/mol. The van der Waals surface area contributed by atoms with Crippen molar-refractivity contribution in [2.45, 2.75) is 6.36 Å². The molecule has 112 valence electrons. The van der Waals surface area contributed by atoms with Crippen molar-refractivity contribution in [2.75, 3.05) is 5.73 Å². The number of alkyl halides is 3. The van der Waals surface area contributed by atoms with Crippen molar-refractivity contribution in [1.29, 1.82) is 0 Å². The third kappa shape index (κ3) is 4.36.